The van der Waals surface area contributed by atoms with Gasteiger partial charge in [0, 0.05) is 65.6 Å². The van der Waals surface area contributed by atoms with Crippen LogP contribution in [-0.4, -0.2) is 178 Å². The van der Waals surface area contributed by atoms with E-state index in [2.05, 4.69) is 122 Å². The number of aliphatic carboxylic acids is 1. The summed E-state index contributed by atoms with van der Waals surface area (Å²) in [5.41, 5.74) is 4.30. The first-order valence-electron chi connectivity index (χ1n) is 31.9. The van der Waals surface area contributed by atoms with Gasteiger partial charge in [0.1, 0.15) is 11.8 Å². The Morgan fingerprint density at radius 1 is 0.589 bits per heavy atom. The summed E-state index contributed by atoms with van der Waals surface area (Å²) in [7, 11) is 12.5. The molecule has 0 fully saturated rings. The number of ether oxygens (including phenoxy) is 1. The average molecular weight is 1490 g/mol. The molecule has 0 bridgehead atoms. The van der Waals surface area contributed by atoms with Gasteiger partial charge in [-0.2, -0.15) is 0 Å². The number of nitrogens with zero attached hydrogens (tertiary/aromatic N) is 8. The number of hydrogen-bond acceptors (Lipinski definition) is 18. The van der Waals surface area contributed by atoms with Crippen LogP contribution < -0.4 is 34.0 Å². The maximum atomic E-state index is 12.3. The molecule has 526 valence electrons. The molecule has 0 spiro atoms. The smallest absolute Gasteiger partial charge is 0.870 e. The summed E-state index contributed by atoms with van der Waals surface area (Å²) >= 11 is 44.4. The van der Waals surface area contributed by atoms with Gasteiger partial charge >= 0.3 is 30.8 Å². The summed E-state index contributed by atoms with van der Waals surface area (Å²) < 4.78 is 4.82. The number of thiazole rings is 2. The minimum absolute atomic E-state index is 0. The number of benzene rings is 3. The van der Waals surface area contributed by atoms with Crippen LogP contribution in [0.1, 0.15) is 140 Å². The summed E-state index contributed by atoms with van der Waals surface area (Å²) in [6, 6.07) is 15.6. The average Bonchev–Trinajstić information content (AvgIpc) is 1.76. The van der Waals surface area contributed by atoms with Crippen molar-refractivity contribution in [1.29, 1.82) is 0 Å². The quantitative estimate of drug-likeness (QED) is 0.00945. The number of ketones is 2. The Balaban J connectivity index is 0.00000128. The molecule has 3 aromatic carbocycles. The molecule has 0 aliphatic rings. The van der Waals surface area contributed by atoms with Gasteiger partial charge in [-0.3, -0.25) is 19.2 Å². The molecule has 1 atom stereocenters. The molecule has 2 aromatic heterocycles. The largest absolute Gasteiger partial charge is 1.00 e. The van der Waals surface area contributed by atoms with Gasteiger partial charge in [0.25, 0.3) is 0 Å². The zero-order valence-electron chi connectivity index (χ0n) is 58.6. The normalized spacial score (nSPS) is 11.2. The molecule has 0 aliphatic heterocycles. The van der Waals surface area contributed by atoms with Crippen LogP contribution in [0.3, 0.4) is 0 Å². The van der Waals surface area contributed by atoms with Crippen molar-refractivity contribution in [1.82, 2.24) is 30.0 Å². The van der Waals surface area contributed by atoms with Gasteiger partial charge in [0.05, 0.1) is 66.1 Å². The van der Waals surface area contributed by atoms with Gasteiger partial charge in [-0.25, -0.2) is 15.0 Å². The Morgan fingerprint density at radius 3 is 1.39 bits per heavy atom. The number of nitrogens with one attached hydrogen (secondary N) is 1. The number of carboxylic acid groups (broad SMARTS) is 1. The number of hydrogen-bond donors (Lipinski definition) is 2. The van der Waals surface area contributed by atoms with Gasteiger partial charge in [0.2, 0.25) is 0 Å². The number of thiocarbonyl (C=S) groups is 1. The fourth-order valence-electron chi connectivity index (χ4n) is 9.09. The van der Waals surface area contributed by atoms with Crippen LogP contribution in [0, 0.1) is 17.8 Å². The molecule has 5 rings (SSSR count). The van der Waals surface area contributed by atoms with Crippen molar-refractivity contribution in [2.75, 3.05) is 118 Å². The molecule has 1 unspecified atom stereocenters. The first kappa shape index (κ1) is 91.7. The Labute approximate surface area is 623 Å². The van der Waals surface area contributed by atoms with E-state index in [0.717, 1.165) is 124 Å². The molecule has 26 heteroatoms. The van der Waals surface area contributed by atoms with Crippen LogP contribution in [0.5, 0.6) is 0 Å². The number of anilines is 2. The van der Waals surface area contributed by atoms with E-state index in [0.29, 0.717) is 92.4 Å². The van der Waals surface area contributed by atoms with Crippen molar-refractivity contribution in [2.24, 2.45) is 22.7 Å². The standard InChI is InChI=1S/C23H33Cl2N3OS.C22H31Cl2N3O2S.C13H13Cl2NOS.C11H24N2O2.Li.H2O/c1-16(2)14-21-22(18-8-9-19(24)20(25)15-18)26-23(30-21)28(13-10-17(3)29)12-7-6-11-27(4)5;1-15(2)13-19-21(16-7-8-17(23)18(24)14-16)25-22(30-19)27(12-9-20(28)29)11-6-5-10-26(3)4;1-8(2)5-12(16-7-18)13(17)9-3-4-10(14)11(15)6-9;1-4-15-11(14)7-9-12-8-5-6-10-13(2)3;;/h8-9,15-16H,6-7,10-14H2,1-5H3;7-8,14-15H,5-6,9-13H2,1-4H3,(H,28,29);3-4,6,8,12H,5H2,1-2H3;12H,4-10H2,1-3H3;;1H2/q;;;;+1;/p-1. The summed E-state index contributed by atoms with van der Waals surface area (Å²) in [6.45, 7) is 24.5. The third kappa shape index (κ3) is 38.8. The molecule has 3 N–H and O–H groups in total. The minimum atomic E-state index is -0.794. The van der Waals surface area contributed by atoms with E-state index in [9.17, 15) is 24.3 Å². The zero-order chi connectivity index (χ0) is 69.7. The summed E-state index contributed by atoms with van der Waals surface area (Å²) in [4.78, 5) is 73.3. The predicted molar refractivity (Wildman–Crippen MR) is 403 cm³/mol. The number of unbranched alkanes of at least 4 members (excludes halogenated alkanes) is 3. The number of aliphatic imine (C=N–C) groups is 1. The molecular weight excluding hydrogens is 1380 g/mol. The van der Waals surface area contributed by atoms with E-state index in [-0.39, 0.29) is 48.3 Å². The first-order valence-corrected chi connectivity index (χ1v) is 36.2. The molecule has 95 heavy (non-hydrogen) atoms. The van der Waals surface area contributed by atoms with E-state index in [1.54, 1.807) is 53.9 Å². The monoisotopic (exact) mass is 1480 g/mol. The maximum Gasteiger partial charge on any atom is 1.00 e. The third-order valence-electron chi connectivity index (χ3n) is 13.8. The van der Waals surface area contributed by atoms with E-state index < -0.39 is 12.0 Å². The third-order valence-corrected chi connectivity index (χ3v) is 18.4. The molecule has 0 saturated heterocycles. The number of aromatic nitrogens is 2. The molecule has 0 saturated carbocycles. The van der Waals surface area contributed by atoms with Crippen molar-refractivity contribution >= 4 is 143 Å². The molecule has 0 amide bonds. The predicted octanol–water partition coefficient (Wildman–Crippen LogP) is 14.8. The molecular formula is C69H102Cl6LiN9O7S3. The summed E-state index contributed by atoms with van der Waals surface area (Å²) in [6.07, 6.45) is 10.2. The number of isothiocyanates is 1. The van der Waals surface area contributed by atoms with Crippen molar-refractivity contribution in [2.45, 2.75) is 138 Å². The van der Waals surface area contributed by atoms with Gasteiger partial charge in [-0.15, -0.1) is 22.7 Å². The number of carbonyl (C=O) groups excluding carboxylic acids is 3. The Kier molecular flexibility index (Phi) is 49.2. The molecule has 16 nitrogen and oxygen atoms in total. The van der Waals surface area contributed by atoms with E-state index in [1.807, 2.05) is 51.1 Å². The first-order chi connectivity index (χ1) is 44.0. The van der Waals surface area contributed by atoms with Crippen LogP contribution in [0.4, 0.5) is 10.3 Å². The number of halogens is 6. The van der Waals surface area contributed by atoms with Crippen LogP contribution in [0.15, 0.2) is 59.6 Å². The minimum Gasteiger partial charge on any atom is -0.870 e. The summed E-state index contributed by atoms with van der Waals surface area (Å²) in [5.74, 6) is 0.526. The Morgan fingerprint density at radius 2 is 1.01 bits per heavy atom. The maximum absolute atomic E-state index is 12.3. The molecule has 0 aliphatic carbocycles. The van der Waals surface area contributed by atoms with Gasteiger partial charge in [-0.1, -0.05) is 123 Å². The van der Waals surface area contributed by atoms with Crippen molar-refractivity contribution in [3.63, 3.8) is 0 Å². The van der Waals surface area contributed by atoms with E-state index in [4.69, 9.17) is 84.3 Å². The fraction of sp³-hybridized carbons (Fsp3) is 0.580. The van der Waals surface area contributed by atoms with Crippen LogP contribution in [0.2, 0.25) is 30.1 Å². The van der Waals surface area contributed by atoms with Crippen molar-refractivity contribution in [3.8, 4) is 22.5 Å². The SMILES string of the molecule is CC(=O)CCN(CCCCN(C)C)c1nc(-c2ccc(Cl)c(Cl)c2)c(CC(C)C)s1.CC(C)CC(N=C=S)C(=O)c1ccc(Cl)c(Cl)c1.CC(C)Cc1sc(N(CCCCN(C)C)CCC(=O)O)nc1-c1ccc(Cl)c(Cl)c1.CCOC(=O)CCNCCCCN(C)C.[Li+].[OH-]. The van der Waals surface area contributed by atoms with Crippen LogP contribution >= 0.6 is 104 Å². The number of carboxylic acids is 1. The van der Waals surface area contributed by atoms with Crippen molar-refractivity contribution in [3.05, 3.63) is 100 Å². The number of rotatable bonds is 38. The fourth-order valence-corrected chi connectivity index (χ4v) is 12.8. The van der Waals surface area contributed by atoms with Crippen LogP contribution in [0.25, 0.3) is 22.5 Å². The summed E-state index contributed by atoms with van der Waals surface area (Å²) in [5, 5.41) is 19.4. The van der Waals surface area contributed by atoms with Gasteiger partial charge in [-0.05, 0) is 213 Å². The van der Waals surface area contributed by atoms with Crippen molar-refractivity contribution < 1.29 is 53.4 Å². The second kappa shape index (κ2) is 51.0. The van der Waals surface area contributed by atoms with Gasteiger partial charge < -0.3 is 45.1 Å². The van der Waals surface area contributed by atoms with Gasteiger partial charge in [0.15, 0.2) is 16.0 Å². The molecule has 5 aromatic rings. The van der Waals surface area contributed by atoms with Crippen LogP contribution in [-0.2, 0) is 32.0 Å². The number of esters is 1. The Bertz CT molecular complexity index is 2960. The van der Waals surface area contributed by atoms with E-state index in [1.165, 1.54) is 16.2 Å². The Hall–Kier alpha value is -3.26. The second-order valence-electron chi connectivity index (χ2n) is 24.8. The number of Topliss-reactive ketones (excluding diaryl/α,β-unsaturated/α-hetero) is 2. The molecule has 2 heterocycles. The van der Waals surface area contributed by atoms with E-state index >= 15 is 0 Å². The molecule has 0 radical (unpaired) electrons. The zero-order valence-corrected chi connectivity index (χ0v) is 65.6. The topological polar surface area (TPSA) is 194 Å². The number of carbonyl (C=O) groups is 4. The second-order valence-corrected chi connectivity index (χ2v) is 29.5.